The molecule has 4 rings (SSSR count). The fraction of sp³-hybridized carbons (Fsp3) is 0.207. The first-order valence-electron chi connectivity index (χ1n) is 12.7. The molecule has 0 bridgehead atoms. The highest BCUT2D eigenvalue weighted by atomic mass is 32.2. The van der Waals surface area contributed by atoms with Gasteiger partial charge in [-0.2, -0.15) is 0 Å². The van der Waals surface area contributed by atoms with E-state index in [1.54, 1.807) is 54.0 Å². The summed E-state index contributed by atoms with van der Waals surface area (Å²) in [4.78, 5) is 37.3. The van der Waals surface area contributed by atoms with E-state index < -0.39 is 17.7 Å². The summed E-state index contributed by atoms with van der Waals surface area (Å²) in [6.45, 7) is 1.94. The minimum absolute atomic E-state index is 0.0281. The molecule has 4 aromatic rings. The molecule has 13 heteroatoms. The Labute approximate surface area is 245 Å². The molecule has 0 aliphatic carbocycles. The Morgan fingerprint density at radius 3 is 2.43 bits per heavy atom. The van der Waals surface area contributed by atoms with Crippen molar-refractivity contribution in [1.29, 1.82) is 0 Å². The molecule has 2 amide bonds. The van der Waals surface area contributed by atoms with E-state index in [1.807, 2.05) is 0 Å². The maximum absolute atomic E-state index is 13.6. The van der Waals surface area contributed by atoms with E-state index in [9.17, 15) is 18.8 Å². The summed E-state index contributed by atoms with van der Waals surface area (Å²) in [6, 6.07) is 16.8. The average Bonchev–Trinajstić information content (AvgIpc) is 3.41. The van der Waals surface area contributed by atoms with Gasteiger partial charge in [0.2, 0.25) is 5.91 Å². The van der Waals surface area contributed by atoms with Crippen molar-refractivity contribution in [2.24, 2.45) is 0 Å². The number of thioether (sulfide) groups is 1. The van der Waals surface area contributed by atoms with Gasteiger partial charge in [0.25, 0.3) is 5.91 Å². The second kappa shape index (κ2) is 14.1. The van der Waals surface area contributed by atoms with Gasteiger partial charge in [0.05, 0.1) is 44.4 Å². The number of carbonyl (C=O) groups is 3. The van der Waals surface area contributed by atoms with E-state index in [0.29, 0.717) is 39.4 Å². The smallest absolute Gasteiger partial charge is 0.338 e. The van der Waals surface area contributed by atoms with E-state index in [-0.39, 0.29) is 30.4 Å². The molecule has 2 N–H and O–H groups in total. The molecular formula is C29H28FN5O6S. The van der Waals surface area contributed by atoms with Crippen molar-refractivity contribution in [2.75, 3.05) is 31.9 Å². The van der Waals surface area contributed by atoms with Gasteiger partial charge < -0.3 is 24.8 Å². The Balaban J connectivity index is 1.54. The van der Waals surface area contributed by atoms with Gasteiger partial charge in [0.1, 0.15) is 17.3 Å². The van der Waals surface area contributed by atoms with E-state index in [4.69, 9.17) is 14.2 Å². The Bertz CT molecular complexity index is 1580. The largest absolute Gasteiger partial charge is 0.497 e. The third kappa shape index (κ3) is 7.43. The van der Waals surface area contributed by atoms with Crippen LogP contribution in [0.2, 0.25) is 0 Å². The van der Waals surface area contributed by atoms with Gasteiger partial charge in [-0.3, -0.25) is 14.2 Å². The van der Waals surface area contributed by atoms with Crippen LogP contribution in [0.25, 0.3) is 5.69 Å². The topological polar surface area (TPSA) is 134 Å². The molecule has 0 aliphatic heterocycles. The predicted octanol–water partition coefficient (Wildman–Crippen LogP) is 4.26. The van der Waals surface area contributed by atoms with Crippen molar-refractivity contribution in [3.05, 3.63) is 89.5 Å². The van der Waals surface area contributed by atoms with E-state index in [0.717, 1.165) is 17.8 Å². The number of carbonyl (C=O) groups excluding carboxylic acids is 3. The van der Waals surface area contributed by atoms with Gasteiger partial charge in [-0.15, -0.1) is 10.2 Å². The highest BCUT2D eigenvalue weighted by molar-refractivity contribution is 7.99. The zero-order valence-corrected chi connectivity index (χ0v) is 23.9. The summed E-state index contributed by atoms with van der Waals surface area (Å²) in [5.41, 5.74) is 1.56. The van der Waals surface area contributed by atoms with Crippen LogP contribution < -0.4 is 20.1 Å². The van der Waals surface area contributed by atoms with Gasteiger partial charge in [0, 0.05) is 17.3 Å². The molecule has 0 fully saturated rings. The Hall–Kier alpha value is -4.91. The molecule has 0 aliphatic rings. The number of esters is 1. The van der Waals surface area contributed by atoms with Crippen LogP contribution in [0.1, 0.15) is 33.5 Å². The Morgan fingerprint density at radius 1 is 0.952 bits per heavy atom. The Morgan fingerprint density at radius 2 is 1.74 bits per heavy atom. The molecule has 1 heterocycles. The molecule has 0 saturated heterocycles. The molecule has 0 radical (unpaired) electrons. The number of nitrogens with zero attached hydrogens (tertiary/aromatic N) is 3. The first-order chi connectivity index (χ1) is 20.3. The number of benzene rings is 3. The fourth-order valence-electron chi connectivity index (χ4n) is 3.84. The average molecular weight is 594 g/mol. The number of anilines is 1. The maximum atomic E-state index is 13.6. The normalized spacial score (nSPS) is 10.6. The predicted molar refractivity (Wildman–Crippen MR) is 154 cm³/mol. The van der Waals surface area contributed by atoms with Crippen LogP contribution in [0.3, 0.4) is 0 Å². The first-order valence-corrected chi connectivity index (χ1v) is 13.7. The minimum Gasteiger partial charge on any atom is -0.497 e. The zero-order chi connectivity index (χ0) is 30.1. The lowest BCUT2D eigenvalue weighted by Crippen LogP contribution is -2.25. The van der Waals surface area contributed by atoms with E-state index >= 15 is 0 Å². The molecule has 0 saturated carbocycles. The molecule has 3 aromatic carbocycles. The number of amides is 2. The first kappa shape index (κ1) is 30.1. The number of halogens is 1. The standard InChI is InChI=1S/C29H28FN5O6S/c1-4-41-28(38)18-8-10-21(11-9-18)32-26(36)17-42-29-34-33-25(16-31-27(37)19-6-5-7-20(30)14-19)35(29)23-15-22(39-2)12-13-24(23)40-3/h5-15H,4,16-17H2,1-3H3,(H,31,37)(H,32,36). The third-order valence-corrected chi connectivity index (χ3v) is 6.76. The molecule has 0 atom stereocenters. The summed E-state index contributed by atoms with van der Waals surface area (Å²) >= 11 is 1.11. The lowest BCUT2D eigenvalue weighted by Gasteiger charge is -2.15. The minimum atomic E-state index is -0.529. The molecule has 42 heavy (non-hydrogen) atoms. The number of rotatable bonds is 12. The van der Waals surface area contributed by atoms with Crippen LogP contribution in [0.4, 0.5) is 10.1 Å². The van der Waals surface area contributed by atoms with Crippen LogP contribution in [0, 0.1) is 5.82 Å². The van der Waals surface area contributed by atoms with Crippen LogP contribution >= 0.6 is 11.8 Å². The monoisotopic (exact) mass is 593 g/mol. The fourth-order valence-corrected chi connectivity index (χ4v) is 4.61. The zero-order valence-electron chi connectivity index (χ0n) is 23.0. The van der Waals surface area contributed by atoms with Crippen LogP contribution in [-0.4, -0.2) is 59.1 Å². The van der Waals surface area contributed by atoms with Crippen molar-refractivity contribution >= 4 is 35.2 Å². The number of aromatic nitrogens is 3. The van der Waals surface area contributed by atoms with Crippen molar-refractivity contribution in [2.45, 2.75) is 18.6 Å². The summed E-state index contributed by atoms with van der Waals surface area (Å²) in [5.74, 6) is -0.472. The molecule has 0 spiro atoms. The number of ether oxygens (including phenoxy) is 3. The second-order valence-corrected chi connectivity index (χ2v) is 9.54. The lowest BCUT2D eigenvalue weighted by atomic mass is 10.2. The Kier molecular flexibility index (Phi) is 10.1. The number of hydrogen-bond donors (Lipinski definition) is 2. The van der Waals surface area contributed by atoms with Gasteiger partial charge in [-0.25, -0.2) is 9.18 Å². The SMILES string of the molecule is CCOC(=O)c1ccc(NC(=O)CSc2nnc(CNC(=O)c3cccc(F)c3)n2-c2cc(OC)ccc2OC)cc1. The van der Waals surface area contributed by atoms with Gasteiger partial charge in [-0.05, 0) is 61.5 Å². The van der Waals surface area contributed by atoms with Crippen LogP contribution in [0.5, 0.6) is 11.5 Å². The highest BCUT2D eigenvalue weighted by Crippen LogP contribution is 2.32. The van der Waals surface area contributed by atoms with Crippen LogP contribution in [0.15, 0.2) is 71.9 Å². The van der Waals surface area contributed by atoms with E-state index in [1.165, 1.54) is 32.4 Å². The summed E-state index contributed by atoms with van der Waals surface area (Å²) in [7, 11) is 3.03. The van der Waals surface area contributed by atoms with Crippen molar-refractivity contribution in [3.63, 3.8) is 0 Å². The number of nitrogens with one attached hydrogen (secondary N) is 2. The molecule has 1 aromatic heterocycles. The van der Waals surface area contributed by atoms with Crippen molar-refractivity contribution < 1.29 is 33.0 Å². The summed E-state index contributed by atoms with van der Waals surface area (Å²) in [6.07, 6.45) is 0. The maximum Gasteiger partial charge on any atom is 0.338 e. The van der Waals surface area contributed by atoms with Crippen LogP contribution in [-0.2, 0) is 16.1 Å². The molecular weight excluding hydrogens is 565 g/mol. The second-order valence-electron chi connectivity index (χ2n) is 8.60. The van der Waals surface area contributed by atoms with E-state index in [2.05, 4.69) is 20.8 Å². The van der Waals surface area contributed by atoms with Gasteiger partial charge in [-0.1, -0.05) is 17.8 Å². The lowest BCUT2D eigenvalue weighted by molar-refractivity contribution is -0.113. The number of hydrogen-bond acceptors (Lipinski definition) is 9. The molecule has 0 unspecified atom stereocenters. The third-order valence-electron chi connectivity index (χ3n) is 5.83. The van der Waals surface area contributed by atoms with Gasteiger partial charge in [0.15, 0.2) is 11.0 Å². The highest BCUT2D eigenvalue weighted by Gasteiger charge is 2.21. The summed E-state index contributed by atoms with van der Waals surface area (Å²) in [5, 5.41) is 14.4. The number of methoxy groups -OCH3 is 2. The summed E-state index contributed by atoms with van der Waals surface area (Å²) < 4.78 is 31.2. The van der Waals surface area contributed by atoms with Crippen molar-refractivity contribution in [3.8, 4) is 17.2 Å². The quantitative estimate of drug-likeness (QED) is 0.183. The van der Waals surface area contributed by atoms with Gasteiger partial charge >= 0.3 is 5.97 Å². The van der Waals surface area contributed by atoms with Crippen molar-refractivity contribution in [1.82, 2.24) is 20.1 Å². The molecule has 218 valence electrons. The molecule has 11 nitrogen and oxygen atoms in total.